The highest BCUT2D eigenvalue weighted by Crippen LogP contribution is 2.27. The van der Waals surface area contributed by atoms with Crippen LogP contribution in [0.3, 0.4) is 0 Å². The minimum absolute atomic E-state index is 0.400. The van der Waals surface area contributed by atoms with Crippen molar-refractivity contribution in [1.29, 1.82) is 0 Å². The summed E-state index contributed by atoms with van der Waals surface area (Å²) < 4.78 is 5.78. The Morgan fingerprint density at radius 2 is 2.05 bits per heavy atom. The maximum Gasteiger partial charge on any atom is 0.328 e. The van der Waals surface area contributed by atoms with Crippen LogP contribution in [0.25, 0.3) is 6.08 Å². The van der Waals surface area contributed by atoms with Crippen LogP contribution in [0.4, 0.5) is 0 Å². The number of aliphatic carboxylic acids is 1. The first-order valence-corrected chi connectivity index (χ1v) is 7.60. The smallest absolute Gasteiger partial charge is 0.328 e. The molecule has 0 aliphatic heterocycles. The molecule has 110 valence electrons. The quantitative estimate of drug-likeness (QED) is 0.812. The zero-order valence-electron chi connectivity index (χ0n) is 11.7. The van der Waals surface area contributed by atoms with Crippen molar-refractivity contribution in [2.45, 2.75) is 20.5 Å². The van der Waals surface area contributed by atoms with Gasteiger partial charge in [0.15, 0.2) is 0 Å². The molecule has 0 saturated heterocycles. The fourth-order valence-electron chi connectivity index (χ4n) is 1.92. The van der Waals surface area contributed by atoms with Crippen molar-refractivity contribution in [2.75, 3.05) is 0 Å². The van der Waals surface area contributed by atoms with Gasteiger partial charge in [-0.25, -0.2) is 4.79 Å². The Kier molecular flexibility index (Phi) is 5.04. The number of carboxylic acids is 1. The number of ether oxygens (including phenoxy) is 1. The number of benzene rings is 1. The summed E-state index contributed by atoms with van der Waals surface area (Å²) in [7, 11) is 0. The van der Waals surface area contributed by atoms with E-state index in [-0.39, 0.29) is 0 Å². The van der Waals surface area contributed by atoms with Gasteiger partial charge in [-0.05, 0) is 60.2 Å². The van der Waals surface area contributed by atoms with E-state index >= 15 is 0 Å². The number of rotatable bonds is 5. The third kappa shape index (κ3) is 4.09. The van der Waals surface area contributed by atoms with Crippen LogP contribution in [-0.2, 0) is 11.4 Å². The first-order chi connectivity index (χ1) is 9.97. The van der Waals surface area contributed by atoms with Gasteiger partial charge in [0, 0.05) is 16.0 Å². The van der Waals surface area contributed by atoms with Crippen molar-refractivity contribution in [1.82, 2.24) is 0 Å². The van der Waals surface area contributed by atoms with Gasteiger partial charge in [-0.15, -0.1) is 11.3 Å². The first-order valence-electron chi connectivity index (χ1n) is 6.34. The van der Waals surface area contributed by atoms with Crippen LogP contribution in [0.5, 0.6) is 5.75 Å². The van der Waals surface area contributed by atoms with Crippen molar-refractivity contribution in [3.8, 4) is 5.75 Å². The van der Waals surface area contributed by atoms with Gasteiger partial charge in [0.25, 0.3) is 0 Å². The number of aryl methyl sites for hydroxylation is 2. The summed E-state index contributed by atoms with van der Waals surface area (Å²) in [6.45, 7) is 4.28. The number of hydrogen-bond donors (Lipinski definition) is 1. The minimum Gasteiger partial charge on any atom is -0.488 e. The SMILES string of the molecule is Cc1cc(OCc2sccc2C=CC(=O)O)cc(C)c1Cl. The van der Waals surface area contributed by atoms with Gasteiger partial charge in [-0.1, -0.05) is 11.6 Å². The van der Waals surface area contributed by atoms with Crippen molar-refractivity contribution in [3.05, 3.63) is 56.2 Å². The van der Waals surface area contributed by atoms with E-state index in [0.29, 0.717) is 6.61 Å². The monoisotopic (exact) mass is 322 g/mol. The van der Waals surface area contributed by atoms with Crippen LogP contribution in [0, 0.1) is 13.8 Å². The molecule has 1 aromatic carbocycles. The molecule has 21 heavy (non-hydrogen) atoms. The highest BCUT2D eigenvalue weighted by molar-refractivity contribution is 7.10. The fourth-order valence-corrected chi connectivity index (χ4v) is 2.80. The molecular weight excluding hydrogens is 308 g/mol. The van der Waals surface area contributed by atoms with Gasteiger partial charge < -0.3 is 9.84 Å². The molecule has 0 fully saturated rings. The highest BCUT2D eigenvalue weighted by atomic mass is 35.5. The molecule has 0 unspecified atom stereocenters. The predicted octanol–water partition coefficient (Wildman–Crippen LogP) is 4.70. The molecule has 3 nitrogen and oxygen atoms in total. The number of carbonyl (C=O) groups is 1. The number of hydrogen-bond acceptors (Lipinski definition) is 3. The van der Waals surface area contributed by atoms with Crippen LogP contribution >= 0.6 is 22.9 Å². The van der Waals surface area contributed by atoms with E-state index in [0.717, 1.165) is 38.4 Å². The van der Waals surface area contributed by atoms with Gasteiger partial charge in [0.2, 0.25) is 0 Å². The van der Waals surface area contributed by atoms with E-state index in [1.54, 1.807) is 6.08 Å². The van der Waals surface area contributed by atoms with Crippen molar-refractivity contribution >= 4 is 35.0 Å². The van der Waals surface area contributed by atoms with Crippen molar-refractivity contribution in [3.63, 3.8) is 0 Å². The minimum atomic E-state index is -0.961. The Hall–Kier alpha value is -1.78. The molecule has 0 spiro atoms. The molecule has 0 bridgehead atoms. The molecule has 1 heterocycles. The number of carboxylic acid groups (broad SMARTS) is 1. The molecule has 2 rings (SSSR count). The van der Waals surface area contributed by atoms with Gasteiger partial charge in [0.05, 0.1) is 0 Å². The summed E-state index contributed by atoms with van der Waals surface area (Å²) >= 11 is 7.66. The fraction of sp³-hybridized carbons (Fsp3) is 0.188. The third-order valence-corrected chi connectivity index (χ3v) is 4.47. The summed E-state index contributed by atoms with van der Waals surface area (Å²) in [4.78, 5) is 11.5. The molecule has 0 radical (unpaired) electrons. The van der Waals surface area contributed by atoms with Crippen molar-refractivity contribution in [2.24, 2.45) is 0 Å². The van der Waals surface area contributed by atoms with E-state index < -0.39 is 5.97 Å². The second-order valence-electron chi connectivity index (χ2n) is 4.63. The van der Waals surface area contributed by atoms with Crippen LogP contribution < -0.4 is 4.74 Å². The Labute approximate surface area is 132 Å². The lowest BCUT2D eigenvalue weighted by molar-refractivity contribution is -0.131. The van der Waals surface area contributed by atoms with Crippen LogP contribution in [0.1, 0.15) is 21.6 Å². The topological polar surface area (TPSA) is 46.5 Å². The molecule has 0 amide bonds. The third-order valence-electron chi connectivity index (χ3n) is 2.97. The van der Waals surface area contributed by atoms with Gasteiger partial charge in [0.1, 0.15) is 12.4 Å². The Morgan fingerprint density at radius 3 is 2.67 bits per heavy atom. The predicted molar refractivity (Wildman–Crippen MR) is 86.2 cm³/mol. The molecule has 0 aliphatic carbocycles. The normalized spacial score (nSPS) is 11.0. The van der Waals surface area contributed by atoms with Gasteiger partial charge in [-0.2, -0.15) is 0 Å². The Bertz CT molecular complexity index is 666. The molecule has 0 atom stereocenters. The Balaban J connectivity index is 2.10. The number of thiophene rings is 1. The maximum absolute atomic E-state index is 10.6. The standard InChI is InChI=1S/C16H15ClO3S/c1-10-7-13(8-11(2)16(10)17)20-9-14-12(5-6-21-14)3-4-15(18)19/h3-8H,9H2,1-2H3,(H,18,19). The lowest BCUT2D eigenvalue weighted by Crippen LogP contribution is -1.96. The van der Waals surface area contributed by atoms with Crippen LogP contribution in [0.2, 0.25) is 5.02 Å². The van der Waals surface area contributed by atoms with Gasteiger partial charge in [-0.3, -0.25) is 0 Å². The van der Waals surface area contributed by atoms with Crippen LogP contribution in [0.15, 0.2) is 29.7 Å². The molecule has 0 aliphatic rings. The van der Waals surface area contributed by atoms with E-state index in [2.05, 4.69) is 0 Å². The summed E-state index contributed by atoms with van der Waals surface area (Å²) in [5.41, 5.74) is 2.82. The highest BCUT2D eigenvalue weighted by Gasteiger charge is 2.06. The summed E-state index contributed by atoms with van der Waals surface area (Å²) in [6, 6.07) is 5.67. The zero-order chi connectivity index (χ0) is 15.4. The molecule has 2 aromatic rings. The zero-order valence-corrected chi connectivity index (χ0v) is 13.3. The van der Waals surface area contributed by atoms with E-state index in [1.807, 2.05) is 37.4 Å². The second kappa shape index (κ2) is 6.78. The van der Waals surface area contributed by atoms with Crippen molar-refractivity contribution < 1.29 is 14.6 Å². The second-order valence-corrected chi connectivity index (χ2v) is 6.01. The average molecular weight is 323 g/mol. The molecule has 5 heteroatoms. The van der Waals surface area contributed by atoms with E-state index in [1.165, 1.54) is 11.3 Å². The maximum atomic E-state index is 10.6. The first kappa shape index (κ1) is 15.6. The summed E-state index contributed by atoms with van der Waals surface area (Å²) in [5, 5.41) is 11.3. The van der Waals surface area contributed by atoms with E-state index in [4.69, 9.17) is 21.4 Å². The lowest BCUT2D eigenvalue weighted by Gasteiger charge is -2.09. The summed E-state index contributed by atoms with van der Waals surface area (Å²) in [6.07, 6.45) is 2.71. The Morgan fingerprint density at radius 1 is 1.38 bits per heavy atom. The molecule has 1 aromatic heterocycles. The number of halogens is 1. The molecule has 1 N–H and O–H groups in total. The van der Waals surface area contributed by atoms with Crippen LogP contribution in [-0.4, -0.2) is 11.1 Å². The lowest BCUT2D eigenvalue weighted by atomic mass is 10.1. The average Bonchev–Trinajstić information content (AvgIpc) is 2.87. The molecular formula is C16H15ClO3S. The van der Waals surface area contributed by atoms with Gasteiger partial charge >= 0.3 is 5.97 Å². The van der Waals surface area contributed by atoms with E-state index in [9.17, 15) is 4.79 Å². The largest absolute Gasteiger partial charge is 0.488 e. The molecule has 0 saturated carbocycles. The summed E-state index contributed by atoms with van der Waals surface area (Å²) in [5.74, 6) is -0.201.